The molecule has 1 unspecified atom stereocenters. The van der Waals surface area contributed by atoms with Gasteiger partial charge in [-0.2, -0.15) is 9.67 Å². The number of benzene rings is 1. The molecule has 1 N–H and O–H groups in total. The minimum Gasteiger partial charge on any atom is -0.380 e. The lowest BCUT2D eigenvalue weighted by Gasteiger charge is -2.16. The molecule has 1 fully saturated rings. The second kappa shape index (κ2) is 3.86. The van der Waals surface area contributed by atoms with E-state index in [9.17, 15) is 5.11 Å². The van der Waals surface area contributed by atoms with Crippen LogP contribution in [0, 0.1) is 5.92 Å². The fraction of sp³-hybridized carbons (Fsp3) is 0.385. The van der Waals surface area contributed by atoms with Crippen LogP contribution in [0.1, 0.15) is 25.7 Å². The van der Waals surface area contributed by atoms with E-state index in [1.54, 1.807) is 6.92 Å². The Morgan fingerprint density at radius 2 is 2.15 bits per heavy atom. The third-order valence-electron chi connectivity index (χ3n) is 3.76. The molecule has 2 heterocycles. The standard InChI is InChI=1S/C13H13N5O2/c1-13(19,8-6-7-8)11-14-12(16-20-11)18-10-5-3-2-4-9(10)15-17-18/h2-5,8,19H,6-7H2,1H3. The molecule has 0 amide bonds. The molecule has 1 atom stereocenters. The number of rotatable bonds is 3. The number of aromatic nitrogens is 5. The molecule has 7 nitrogen and oxygen atoms in total. The van der Waals surface area contributed by atoms with Crippen molar-refractivity contribution in [2.75, 3.05) is 0 Å². The highest BCUT2D eigenvalue weighted by molar-refractivity contribution is 5.75. The number of aliphatic hydroxyl groups is 1. The predicted molar refractivity (Wildman–Crippen MR) is 69.0 cm³/mol. The van der Waals surface area contributed by atoms with Gasteiger partial charge in [-0.3, -0.25) is 0 Å². The predicted octanol–water partition coefficient (Wildman–Crippen LogP) is 1.42. The topological polar surface area (TPSA) is 89.9 Å². The second-order valence-electron chi connectivity index (χ2n) is 5.31. The van der Waals surface area contributed by atoms with Crippen molar-refractivity contribution in [2.24, 2.45) is 5.92 Å². The van der Waals surface area contributed by atoms with Crippen molar-refractivity contribution in [1.82, 2.24) is 25.1 Å². The summed E-state index contributed by atoms with van der Waals surface area (Å²) in [6, 6.07) is 7.52. The Hall–Kier alpha value is -2.28. The van der Waals surface area contributed by atoms with Crippen molar-refractivity contribution in [3.63, 3.8) is 0 Å². The van der Waals surface area contributed by atoms with Crippen LogP contribution < -0.4 is 0 Å². The minimum absolute atomic E-state index is 0.197. The molecule has 2 aromatic heterocycles. The summed E-state index contributed by atoms with van der Waals surface area (Å²) in [5, 5.41) is 22.4. The third-order valence-corrected chi connectivity index (χ3v) is 3.76. The second-order valence-corrected chi connectivity index (χ2v) is 5.31. The lowest BCUT2D eigenvalue weighted by Crippen LogP contribution is -2.24. The normalized spacial score (nSPS) is 18.3. The molecule has 0 bridgehead atoms. The third kappa shape index (κ3) is 1.63. The first kappa shape index (κ1) is 11.5. The monoisotopic (exact) mass is 271 g/mol. The average molecular weight is 271 g/mol. The van der Waals surface area contributed by atoms with Crippen LogP contribution in [0.25, 0.3) is 17.0 Å². The molecule has 4 rings (SSSR count). The first-order valence-corrected chi connectivity index (χ1v) is 6.53. The van der Waals surface area contributed by atoms with Crippen LogP contribution in [0.3, 0.4) is 0 Å². The molecule has 1 aliphatic rings. The van der Waals surface area contributed by atoms with Gasteiger partial charge in [0.15, 0.2) is 0 Å². The zero-order valence-electron chi connectivity index (χ0n) is 10.9. The zero-order valence-corrected chi connectivity index (χ0v) is 10.9. The number of nitrogens with zero attached hydrogens (tertiary/aromatic N) is 5. The average Bonchev–Trinajstić information content (AvgIpc) is 3.05. The summed E-state index contributed by atoms with van der Waals surface area (Å²) in [6.07, 6.45) is 1.97. The summed E-state index contributed by atoms with van der Waals surface area (Å²) in [4.78, 5) is 4.27. The fourth-order valence-electron chi connectivity index (χ4n) is 2.34. The van der Waals surface area contributed by atoms with Crippen LogP contribution in [0.2, 0.25) is 0 Å². The molecule has 1 saturated carbocycles. The van der Waals surface area contributed by atoms with Crippen LogP contribution in [0.15, 0.2) is 28.8 Å². The van der Waals surface area contributed by atoms with Crippen molar-refractivity contribution in [1.29, 1.82) is 0 Å². The Kier molecular flexibility index (Phi) is 2.23. The molecule has 0 spiro atoms. The van der Waals surface area contributed by atoms with Gasteiger partial charge in [0, 0.05) is 0 Å². The maximum absolute atomic E-state index is 10.4. The molecule has 0 radical (unpaired) electrons. The lowest BCUT2D eigenvalue weighted by molar-refractivity contribution is 0.000916. The van der Waals surface area contributed by atoms with Crippen molar-refractivity contribution >= 4 is 11.0 Å². The van der Waals surface area contributed by atoms with Crippen LogP contribution in [0.4, 0.5) is 0 Å². The van der Waals surface area contributed by atoms with E-state index in [0.717, 1.165) is 23.9 Å². The molecule has 1 aliphatic carbocycles. The van der Waals surface area contributed by atoms with Crippen LogP contribution in [-0.2, 0) is 5.60 Å². The number of para-hydroxylation sites is 1. The van der Waals surface area contributed by atoms with Crippen molar-refractivity contribution in [3.05, 3.63) is 30.2 Å². The first-order chi connectivity index (χ1) is 9.66. The van der Waals surface area contributed by atoms with E-state index >= 15 is 0 Å². The largest absolute Gasteiger partial charge is 0.380 e. The molecule has 102 valence electrons. The summed E-state index contributed by atoms with van der Waals surface area (Å²) in [7, 11) is 0. The van der Waals surface area contributed by atoms with Crippen LogP contribution in [-0.4, -0.2) is 30.2 Å². The van der Waals surface area contributed by atoms with Gasteiger partial charge in [0.25, 0.3) is 11.8 Å². The van der Waals surface area contributed by atoms with E-state index < -0.39 is 5.60 Å². The van der Waals surface area contributed by atoms with E-state index in [0.29, 0.717) is 0 Å². The summed E-state index contributed by atoms with van der Waals surface area (Å²) < 4.78 is 6.71. The summed E-state index contributed by atoms with van der Waals surface area (Å²) in [5.74, 6) is 0.715. The smallest absolute Gasteiger partial charge is 0.292 e. The molecule has 0 saturated heterocycles. The maximum atomic E-state index is 10.4. The van der Waals surface area contributed by atoms with E-state index in [4.69, 9.17) is 4.52 Å². The van der Waals surface area contributed by atoms with Crippen molar-refractivity contribution in [3.8, 4) is 5.95 Å². The Bertz CT molecular complexity index is 772. The van der Waals surface area contributed by atoms with Gasteiger partial charge < -0.3 is 9.63 Å². The van der Waals surface area contributed by atoms with Gasteiger partial charge in [0.05, 0.1) is 5.52 Å². The van der Waals surface area contributed by atoms with E-state index in [-0.39, 0.29) is 17.8 Å². The van der Waals surface area contributed by atoms with Gasteiger partial charge in [-0.15, -0.1) is 5.10 Å². The molecule has 0 aliphatic heterocycles. The fourth-order valence-corrected chi connectivity index (χ4v) is 2.34. The number of hydrogen-bond donors (Lipinski definition) is 1. The Morgan fingerprint density at radius 1 is 1.35 bits per heavy atom. The van der Waals surface area contributed by atoms with Gasteiger partial charge in [0.1, 0.15) is 11.1 Å². The molecule has 3 aromatic rings. The summed E-state index contributed by atoms with van der Waals surface area (Å²) in [6.45, 7) is 1.71. The molecular formula is C13H13N5O2. The Balaban J connectivity index is 1.78. The van der Waals surface area contributed by atoms with Crippen LogP contribution >= 0.6 is 0 Å². The lowest BCUT2D eigenvalue weighted by atomic mass is 10.0. The van der Waals surface area contributed by atoms with Gasteiger partial charge >= 0.3 is 0 Å². The van der Waals surface area contributed by atoms with Gasteiger partial charge in [-0.25, -0.2) is 0 Å². The number of fused-ring (bicyclic) bond motifs is 1. The molecule has 7 heteroatoms. The Labute approximate surface area is 114 Å². The highest BCUT2D eigenvalue weighted by Crippen LogP contribution is 2.44. The SMILES string of the molecule is CC(O)(c1nc(-n2nnc3ccccc32)no1)C1CC1. The quantitative estimate of drug-likeness (QED) is 0.774. The summed E-state index contributed by atoms with van der Waals surface area (Å²) in [5.41, 5.74) is 0.487. The van der Waals surface area contributed by atoms with Crippen molar-refractivity contribution in [2.45, 2.75) is 25.4 Å². The van der Waals surface area contributed by atoms with Crippen molar-refractivity contribution < 1.29 is 9.63 Å². The molecular weight excluding hydrogens is 258 g/mol. The van der Waals surface area contributed by atoms with Gasteiger partial charge in [-0.05, 0) is 43.0 Å². The van der Waals surface area contributed by atoms with Gasteiger partial charge in [0.2, 0.25) is 0 Å². The zero-order chi connectivity index (χ0) is 13.7. The Morgan fingerprint density at radius 3 is 2.95 bits per heavy atom. The van der Waals surface area contributed by atoms with E-state index in [2.05, 4.69) is 20.5 Å². The molecule has 20 heavy (non-hydrogen) atoms. The van der Waals surface area contributed by atoms with Crippen LogP contribution in [0.5, 0.6) is 0 Å². The highest BCUT2D eigenvalue weighted by Gasteiger charge is 2.45. The highest BCUT2D eigenvalue weighted by atomic mass is 16.5. The summed E-state index contributed by atoms with van der Waals surface area (Å²) >= 11 is 0. The van der Waals surface area contributed by atoms with E-state index in [1.807, 2.05) is 24.3 Å². The minimum atomic E-state index is -1.07. The van der Waals surface area contributed by atoms with Gasteiger partial charge in [-0.1, -0.05) is 17.3 Å². The first-order valence-electron chi connectivity index (χ1n) is 6.53. The maximum Gasteiger partial charge on any atom is 0.292 e. The number of hydrogen-bond acceptors (Lipinski definition) is 6. The van der Waals surface area contributed by atoms with E-state index in [1.165, 1.54) is 4.68 Å². The molecule has 1 aromatic carbocycles.